The van der Waals surface area contributed by atoms with E-state index in [1.807, 2.05) is 19.2 Å². The van der Waals surface area contributed by atoms with E-state index in [1.165, 1.54) is 27.8 Å². The van der Waals surface area contributed by atoms with Crippen LogP contribution in [-0.4, -0.2) is 30.9 Å². The van der Waals surface area contributed by atoms with Gasteiger partial charge in [0.05, 0.1) is 6.54 Å². The van der Waals surface area contributed by atoms with E-state index >= 15 is 0 Å². The quantitative estimate of drug-likeness (QED) is 0.846. The van der Waals surface area contributed by atoms with Gasteiger partial charge in [0, 0.05) is 13.1 Å². The lowest BCUT2D eigenvalue weighted by Gasteiger charge is -2.18. The Kier molecular flexibility index (Phi) is 6.56. The Hall–Kier alpha value is -2.13. The summed E-state index contributed by atoms with van der Waals surface area (Å²) in [6, 6.07) is 14.8. The summed E-state index contributed by atoms with van der Waals surface area (Å²) < 4.78 is 0. The van der Waals surface area contributed by atoms with Crippen molar-refractivity contribution in [1.82, 2.24) is 10.2 Å². The van der Waals surface area contributed by atoms with Crippen LogP contribution in [0.3, 0.4) is 0 Å². The molecule has 0 saturated heterocycles. The molecule has 3 heteroatoms. The maximum atomic E-state index is 12.1. The summed E-state index contributed by atoms with van der Waals surface area (Å²) in [6.45, 7) is 8.22. The zero-order chi connectivity index (χ0) is 17.5. The molecule has 0 aliphatic rings. The topological polar surface area (TPSA) is 32.3 Å². The first kappa shape index (κ1) is 18.2. The highest BCUT2D eigenvalue weighted by Crippen LogP contribution is 2.12. The Balaban J connectivity index is 1.76. The van der Waals surface area contributed by atoms with Gasteiger partial charge in [0.25, 0.3) is 0 Å². The lowest BCUT2D eigenvalue weighted by molar-refractivity contribution is -0.122. The average molecular weight is 324 g/mol. The van der Waals surface area contributed by atoms with Crippen molar-refractivity contribution in [2.75, 3.05) is 20.1 Å². The van der Waals surface area contributed by atoms with Crippen LogP contribution in [0.5, 0.6) is 0 Å². The highest BCUT2D eigenvalue weighted by molar-refractivity contribution is 5.77. The normalized spacial score (nSPS) is 10.9. The second-order valence-corrected chi connectivity index (χ2v) is 6.63. The van der Waals surface area contributed by atoms with E-state index in [2.05, 4.69) is 61.3 Å². The maximum absolute atomic E-state index is 12.1. The lowest BCUT2D eigenvalue weighted by atomic mass is 10.1. The fraction of sp³-hybridized carbons (Fsp3) is 0.381. The third-order valence-corrected chi connectivity index (χ3v) is 4.33. The fourth-order valence-electron chi connectivity index (χ4n) is 2.90. The number of hydrogen-bond donors (Lipinski definition) is 1. The number of rotatable bonds is 7. The fourth-order valence-corrected chi connectivity index (χ4v) is 2.90. The monoisotopic (exact) mass is 324 g/mol. The number of likely N-dealkylation sites (N-methyl/N-ethyl adjacent to an activating group) is 1. The minimum absolute atomic E-state index is 0.0795. The number of nitrogens with one attached hydrogen (secondary N) is 1. The zero-order valence-corrected chi connectivity index (χ0v) is 15.2. The Morgan fingerprint density at radius 2 is 1.75 bits per heavy atom. The number of aryl methyl sites for hydroxylation is 3. The molecule has 1 N–H and O–H groups in total. The van der Waals surface area contributed by atoms with Crippen molar-refractivity contribution in [3.63, 3.8) is 0 Å². The van der Waals surface area contributed by atoms with Crippen molar-refractivity contribution in [2.45, 2.75) is 33.7 Å². The van der Waals surface area contributed by atoms with Crippen molar-refractivity contribution in [1.29, 1.82) is 0 Å². The van der Waals surface area contributed by atoms with Crippen LogP contribution in [0, 0.1) is 20.8 Å². The van der Waals surface area contributed by atoms with Crippen LogP contribution >= 0.6 is 0 Å². The standard InChI is InChI=1S/C21H28N2O/c1-16-9-10-20(18(3)13-16)14-23(4)15-21(24)22-12-11-19-8-6-5-7-17(19)2/h5-10,13H,11-12,14-15H2,1-4H3,(H,22,24). The van der Waals surface area contributed by atoms with Gasteiger partial charge in [0.15, 0.2) is 0 Å². The van der Waals surface area contributed by atoms with Crippen LogP contribution in [0.4, 0.5) is 0 Å². The number of carbonyl (C=O) groups excluding carboxylic acids is 1. The Labute approximate surface area is 145 Å². The predicted octanol–water partition coefficient (Wildman–Crippen LogP) is 3.40. The number of benzene rings is 2. The molecule has 0 aliphatic heterocycles. The third-order valence-electron chi connectivity index (χ3n) is 4.33. The molecule has 2 aromatic rings. The average Bonchev–Trinajstić information content (AvgIpc) is 2.52. The Morgan fingerprint density at radius 1 is 1.00 bits per heavy atom. The van der Waals surface area contributed by atoms with Gasteiger partial charge < -0.3 is 5.32 Å². The first-order valence-electron chi connectivity index (χ1n) is 8.51. The smallest absolute Gasteiger partial charge is 0.234 e. The van der Waals surface area contributed by atoms with Crippen LogP contribution in [0.15, 0.2) is 42.5 Å². The summed E-state index contributed by atoms with van der Waals surface area (Å²) in [5.41, 5.74) is 6.39. The SMILES string of the molecule is Cc1ccc(CN(C)CC(=O)NCCc2ccccc2C)c(C)c1. The van der Waals surface area contributed by atoms with Gasteiger partial charge >= 0.3 is 0 Å². The van der Waals surface area contributed by atoms with Gasteiger partial charge in [-0.3, -0.25) is 9.69 Å². The highest BCUT2D eigenvalue weighted by Gasteiger charge is 2.08. The summed E-state index contributed by atoms with van der Waals surface area (Å²) in [4.78, 5) is 14.2. The molecule has 0 aromatic heterocycles. The van der Waals surface area contributed by atoms with Crippen LogP contribution < -0.4 is 5.32 Å². The molecule has 0 spiro atoms. The van der Waals surface area contributed by atoms with Crippen LogP contribution in [0.2, 0.25) is 0 Å². The van der Waals surface area contributed by atoms with E-state index in [9.17, 15) is 4.79 Å². The summed E-state index contributed by atoms with van der Waals surface area (Å²) >= 11 is 0. The summed E-state index contributed by atoms with van der Waals surface area (Å²) in [6.07, 6.45) is 0.874. The van der Waals surface area contributed by atoms with Crippen LogP contribution in [0.1, 0.15) is 27.8 Å². The molecule has 0 aliphatic carbocycles. The molecule has 1 amide bonds. The molecule has 24 heavy (non-hydrogen) atoms. The molecule has 2 aromatic carbocycles. The largest absolute Gasteiger partial charge is 0.355 e. The molecular weight excluding hydrogens is 296 g/mol. The third kappa shape index (κ3) is 5.50. The Bertz CT molecular complexity index is 694. The molecule has 0 fully saturated rings. The Morgan fingerprint density at radius 3 is 2.46 bits per heavy atom. The van der Waals surface area contributed by atoms with Crippen molar-refractivity contribution < 1.29 is 4.79 Å². The molecule has 0 saturated carbocycles. The van der Waals surface area contributed by atoms with E-state index in [1.54, 1.807) is 0 Å². The van der Waals surface area contributed by atoms with Gasteiger partial charge in [-0.2, -0.15) is 0 Å². The minimum Gasteiger partial charge on any atom is -0.355 e. The minimum atomic E-state index is 0.0795. The van der Waals surface area contributed by atoms with E-state index in [0.717, 1.165) is 13.0 Å². The number of hydrogen-bond acceptors (Lipinski definition) is 2. The number of nitrogens with zero attached hydrogens (tertiary/aromatic N) is 1. The maximum Gasteiger partial charge on any atom is 0.234 e. The predicted molar refractivity (Wildman–Crippen MR) is 100 cm³/mol. The van der Waals surface area contributed by atoms with Gasteiger partial charge in [-0.05, 0) is 56.5 Å². The molecule has 2 rings (SSSR count). The van der Waals surface area contributed by atoms with Gasteiger partial charge in [0.2, 0.25) is 5.91 Å². The number of carbonyl (C=O) groups is 1. The molecule has 128 valence electrons. The van der Waals surface area contributed by atoms with Gasteiger partial charge in [-0.15, -0.1) is 0 Å². The van der Waals surface area contributed by atoms with Crippen molar-refractivity contribution in [2.24, 2.45) is 0 Å². The van der Waals surface area contributed by atoms with E-state index in [-0.39, 0.29) is 5.91 Å². The second kappa shape index (κ2) is 8.65. The molecule has 0 radical (unpaired) electrons. The van der Waals surface area contributed by atoms with Crippen LogP contribution in [0.25, 0.3) is 0 Å². The van der Waals surface area contributed by atoms with E-state index < -0.39 is 0 Å². The molecule has 0 bridgehead atoms. The van der Waals surface area contributed by atoms with Crippen molar-refractivity contribution >= 4 is 5.91 Å². The van der Waals surface area contributed by atoms with Crippen LogP contribution in [-0.2, 0) is 17.8 Å². The van der Waals surface area contributed by atoms with Crippen molar-refractivity contribution in [3.8, 4) is 0 Å². The molecule has 0 heterocycles. The highest BCUT2D eigenvalue weighted by atomic mass is 16.2. The summed E-state index contributed by atoms with van der Waals surface area (Å²) in [5, 5.41) is 3.02. The lowest BCUT2D eigenvalue weighted by Crippen LogP contribution is -2.36. The first-order valence-corrected chi connectivity index (χ1v) is 8.51. The second-order valence-electron chi connectivity index (χ2n) is 6.63. The first-order chi connectivity index (χ1) is 11.5. The van der Waals surface area contributed by atoms with Crippen molar-refractivity contribution in [3.05, 3.63) is 70.3 Å². The summed E-state index contributed by atoms with van der Waals surface area (Å²) in [5.74, 6) is 0.0795. The van der Waals surface area contributed by atoms with E-state index in [4.69, 9.17) is 0 Å². The van der Waals surface area contributed by atoms with Gasteiger partial charge in [-0.1, -0.05) is 48.0 Å². The molecule has 3 nitrogen and oxygen atoms in total. The van der Waals surface area contributed by atoms with Gasteiger partial charge in [-0.25, -0.2) is 0 Å². The zero-order valence-electron chi connectivity index (χ0n) is 15.2. The summed E-state index contributed by atoms with van der Waals surface area (Å²) in [7, 11) is 1.99. The van der Waals surface area contributed by atoms with E-state index in [0.29, 0.717) is 13.1 Å². The van der Waals surface area contributed by atoms with Gasteiger partial charge in [0.1, 0.15) is 0 Å². The molecular formula is C21H28N2O. The molecule has 0 unspecified atom stereocenters. The number of amides is 1. The molecule has 0 atom stereocenters.